The van der Waals surface area contributed by atoms with Crippen LogP contribution in [0.3, 0.4) is 0 Å². The minimum absolute atomic E-state index is 0.204. The van der Waals surface area contributed by atoms with E-state index in [9.17, 15) is 4.79 Å². The molecule has 0 aromatic heterocycles. The summed E-state index contributed by atoms with van der Waals surface area (Å²) in [5.74, 6) is 1.48. The van der Waals surface area contributed by atoms with Crippen molar-refractivity contribution in [1.29, 1.82) is 0 Å². The number of Topliss-reactive ketones (excluding diaryl/α,β-unsaturated/α-hetero) is 1. The van der Waals surface area contributed by atoms with Crippen LogP contribution in [0.25, 0.3) is 11.1 Å². The molecule has 0 bridgehead atoms. The summed E-state index contributed by atoms with van der Waals surface area (Å²) in [6.45, 7) is 3.33. The third-order valence-electron chi connectivity index (χ3n) is 5.08. The van der Waals surface area contributed by atoms with Crippen molar-refractivity contribution in [3.05, 3.63) is 81.3 Å². The van der Waals surface area contributed by atoms with Gasteiger partial charge in [0.2, 0.25) is 0 Å². The zero-order valence-electron chi connectivity index (χ0n) is 18.3. The van der Waals surface area contributed by atoms with E-state index in [0.29, 0.717) is 36.1 Å². The molecule has 0 aliphatic heterocycles. The molecule has 0 spiro atoms. The lowest BCUT2D eigenvalue weighted by atomic mass is 10.0. The quantitative estimate of drug-likeness (QED) is 0.284. The van der Waals surface area contributed by atoms with Crippen LogP contribution < -0.4 is 14.8 Å². The van der Waals surface area contributed by atoms with Gasteiger partial charge in [-0.3, -0.25) is 0 Å². The summed E-state index contributed by atoms with van der Waals surface area (Å²) in [6, 6.07) is 20.0. The minimum Gasteiger partial charge on any atom is -0.496 e. The molecule has 0 aliphatic rings. The summed E-state index contributed by atoms with van der Waals surface area (Å²) in [7, 11) is 1.63. The highest BCUT2D eigenvalue weighted by atomic mass is 79.9. The fraction of sp³-hybridized carbons (Fsp3) is 0.269. The summed E-state index contributed by atoms with van der Waals surface area (Å²) < 4.78 is 12.6. The van der Waals surface area contributed by atoms with Crippen LogP contribution in [0.15, 0.2) is 65.1 Å². The van der Waals surface area contributed by atoms with Crippen molar-refractivity contribution >= 4 is 33.3 Å². The number of ketones is 1. The monoisotopic (exact) mass is 515 g/mol. The highest BCUT2D eigenvalue weighted by molar-refractivity contribution is 9.10. The maximum absolute atomic E-state index is 11.1. The molecule has 0 aliphatic carbocycles. The van der Waals surface area contributed by atoms with Gasteiger partial charge in [-0.05, 0) is 53.0 Å². The molecule has 32 heavy (non-hydrogen) atoms. The molecule has 3 aromatic rings. The van der Waals surface area contributed by atoms with Crippen LogP contribution in [-0.4, -0.2) is 19.4 Å². The Kier molecular flexibility index (Phi) is 9.15. The molecular formula is C26H27BrClNO3. The molecule has 0 saturated heterocycles. The second-order valence-electron chi connectivity index (χ2n) is 7.51. The van der Waals surface area contributed by atoms with Gasteiger partial charge in [0.05, 0.1) is 12.1 Å². The zero-order valence-corrected chi connectivity index (χ0v) is 20.6. The number of hydrogen-bond donors (Lipinski definition) is 1. The van der Waals surface area contributed by atoms with Crippen molar-refractivity contribution in [2.24, 2.45) is 0 Å². The number of carbonyl (C=O) groups is 1. The molecule has 0 unspecified atom stereocenters. The highest BCUT2D eigenvalue weighted by Gasteiger charge is 2.13. The number of halogens is 2. The van der Waals surface area contributed by atoms with E-state index in [-0.39, 0.29) is 5.78 Å². The molecule has 4 nitrogen and oxygen atoms in total. The number of methoxy groups -OCH3 is 1. The van der Waals surface area contributed by atoms with Crippen LogP contribution in [-0.2, 0) is 17.9 Å². The average molecular weight is 517 g/mol. The normalized spacial score (nSPS) is 10.8. The molecule has 1 N–H and O–H groups in total. The van der Waals surface area contributed by atoms with E-state index >= 15 is 0 Å². The van der Waals surface area contributed by atoms with Crippen LogP contribution in [0.4, 0.5) is 0 Å². The molecule has 0 saturated carbocycles. The standard InChI is InChI=1S/C26H27BrClNO3/c1-18(30)8-7-13-29-16-21-14-23(28)25(15-24(21)31-2)32-17-20-11-6-12-22(26(20)27)19-9-4-3-5-10-19/h3-6,9-12,14-15,29H,7-8,13,16-17H2,1-2H3. The second kappa shape index (κ2) is 12.0. The van der Waals surface area contributed by atoms with Crippen LogP contribution >= 0.6 is 27.5 Å². The third-order valence-corrected chi connectivity index (χ3v) is 6.31. The van der Waals surface area contributed by atoms with Gasteiger partial charge in [0.25, 0.3) is 0 Å². The topological polar surface area (TPSA) is 47.6 Å². The van der Waals surface area contributed by atoms with Gasteiger partial charge in [0, 0.05) is 34.6 Å². The summed E-state index contributed by atoms with van der Waals surface area (Å²) in [5, 5.41) is 3.86. The van der Waals surface area contributed by atoms with Crippen molar-refractivity contribution in [1.82, 2.24) is 5.32 Å². The smallest absolute Gasteiger partial charge is 0.142 e. The molecule has 0 amide bonds. The lowest BCUT2D eigenvalue weighted by molar-refractivity contribution is -0.117. The molecule has 0 atom stereocenters. The van der Waals surface area contributed by atoms with E-state index in [1.165, 1.54) is 0 Å². The van der Waals surface area contributed by atoms with Crippen molar-refractivity contribution in [2.75, 3.05) is 13.7 Å². The highest BCUT2D eigenvalue weighted by Crippen LogP contribution is 2.35. The van der Waals surface area contributed by atoms with Gasteiger partial charge in [0.1, 0.15) is 23.9 Å². The number of nitrogens with one attached hydrogen (secondary N) is 1. The second-order valence-corrected chi connectivity index (χ2v) is 8.71. The van der Waals surface area contributed by atoms with E-state index in [1.54, 1.807) is 14.0 Å². The number of benzene rings is 3. The van der Waals surface area contributed by atoms with E-state index in [4.69, 9.17) is 21.1 Å². The predicted molar refractivity (Wildman–Crippen MR) is 134 cm³/mol. The average Bonchev–Trinajstić information content (AvgIpc) is 2.79. The molecule has 168 valence electrons. The first-order valence-corrected chi connectivity index (χ1v) is 11.7. The van der Waals surface area contributed by atoms with E-state index in [2.05, 4.69) is 39.4 Å². The Morgan fingerprint density at radius 1 is 1.03 bits per heavy atom. The largest absolute Gasteiger partial charge is 0.496 e. The zero-order chi connectivity index (χ0) is 22.9. The van der Waals surface area contributed by atoms with Crippen molar-refractivity contribution in [3.63, 3.8) is 0 Å². The number of hydrogen-bond acceptors (Lipinski definition) is 4. The Bertz CT molecular complexity index is 1060. The first-order chi connectivity index (χ1) is 15.5. The maximum atomic E-state index is 11.1. The van der Waals surface area contributed by atoms with Crippen LogP contribution in [0.5, 0.6) is 11.5 Å². The molecule has 3 aromatic carbocycles. The van der Waals surface area contributed by atoms with Crippen LogP contribution in [0.1, 0.15) is 30.9 Å². The van der Waals surface area contributed by atoms with Crippen molar-refractivity contribution < 1.29 is 14.3 Å². The lowest BCUT2D eigenvalue weighted by Crippen LogP contribution is -2.16. The molecule has 0 fully saturated rings. The number of carbonyl (C=O) groups excluding carboxylic acids is 1. The third kappa shape index (κ3) is 6.58. The Hall–Kier alpha value is -2.34. The Balaban J connectivity index is 1.68. The van der Waals surface area contributed by atoms with Crippen molar-refractivity contribution in [2.45, 2.75) is 32.9 Å². The fourth-order valence-corrected chi connectivity index (χ4v) is 4.24. The predicted octanol–water partition coefficient (Wildman–Crippen LogP) is 6.82. The summed E-state index contributed by atoms with van der Waals surface area (Å²) in [4.78, 5) is 11.1. The first-order valence-electron chi connectivity index (χ1n) is 10.5. The molecule has 3 rings (SSSR count). The van der Waals surface area contributed by atoms with E-state index < -0.39 is 0 Å². The van der Waals surface area contributed by atoms with Gasteiger partial charge in [-0.15, -0.1) is 0 Å². The van der Waals surface area contributed by atoms with E-state index in [1.807, 2.05) is 42.5 Å². The van der Waals surface area contributed by atoms with Gasteiger partial charge < -0.3 is 19.6 Å². The van der Waals surface area contributed by atoms with Crippen LogP contribution in [0, 0.1) is 0 Å². The van der Waals surface area contributed by atoms with Gasteiger partial charge in [0.15, 0.2) is 0 Å². The van der Waals surface area contributed by atoms with E-state index in [0.717, 1.165) is 39.7 Å². The minimum atomic E-state index is 0.204. The maximum Gasteiger partial charge on any atom is 0.142 e. The fourth-order valence-electron chi connectivity index (χ4n) is 3.39. The van der Waals surface area contributed by atoms with Gasteiger partial charge in [-0.25, -0.2) is 0 Å². The molecule has 6 heteroatoms. The van der Waals surface area contributed by atoms with Gasteiger partial charge in [-0.2, -0.15) is 0 Å². The number of ether oxygens (including phenoxy) is 2. The van der Waals surface area contributed by atoms with Gasteiger partial charge in [-0.1, -0.05) is 60.1 Å². The summed E-state index contributed by atoms with van der Waals surface area (Å²) in [5.41, 5.74) is 4.22. The Morgan fingerprint density at radius 2 is 1.81 bits per heavy atom. The van der Waals surface area contributed by atoms with Crippen molar-refractivity contribution in [3.8, 4) is 22.6 Å². The summed E-state index contributed by atoms with van der Waals surface area (Å²) in [6.07, 6.45) is 1.39. The Morgan fingerprint density at radius 3 is 2.53 bits per heavy atom. The van der Waals surface area contributed by atoms with Crippen LogP contribution in [0.2, 0.25) is 5.02 Å². The number of rotatable bonds is 11. The first kappa shape index (κ1) is 24.3. The molecule has 0 heterocycles. The molecule has 0 radical (unpaired) electrons. The Labute approximate surface area is 203 Å². The lowest BCUT2D eigenvalue weighted by Gasteiger charge is -2.15. The SMILES string of the molecule is COc1cc(OCc2cccc(-c3ccccc3)c2Br)c(Cl)cc1CNCCCC(C)=O. The summed E-state index contributed by atoms with van der Waals surface area (Å²) >= 11 is 10.2. The van der Waals surface area contributed by atoms with Gasteiger partial charge >= 0.3 is 0 Å². The molecular weight excluding hydrogens is 490 g/mol.